The highest BCUT2D eigenvalue weighted by Gasteiger charge is 2.50. The maximum atomic E-state index is 13.2. The second kappa shape index (κ2) is 19.6. The van der Waals surface area contributed by atoms with Crippen LogP contribution >= 0.6 is 23.4 Å². The number of halogens is 2. The Labute approximate surface area is 340 Å². The number of rotatable bonds is 11. The zero-order valence-corrected chi connectivity index (χ0v) is 35.1. The number of thioether (sulfide) groups is 1. The van der Waals surface area contributed by atoms with E-state index in [2.05, 4.69) is 19.3 Å². The van der Waals surface area contributed by atoms with E-state index < -0.39 is 52.8 Å². The lowest BCUT2D eigenvalue weighted by atomic mass is 9.83. The SMILES string of the molecule is CCC[C@@H]1C[C@@H](C(=O)N[C@@H]([C@H]2O[C@H](SC)[C@H](O)[C@@H](O)[C@H]2O)[C@H](C)Cl)N(C)C1.C[N+]12CCC(CC1)C(OC(=O)C(O)(c1ccccc1)c1ccccc1)C2.[Br-]. The van der Waals surface area contributed by atoms with Gasteiger partial charge in [-0.25, -0.2) is 4.79 Å². The van der Waals surface area contributed by atoms with Crippen LogP contribution in [-0.4, -0.2) is 142 Å². The van der Waals surface area contributed by atoms with Crippen molar-refractivity contribution in [2.75, 3.05) is 46.5 Å². The van der Waals surface area contributed by atoms with Crippen molar-refractivity contribution in [1.29, 1.82) is 0 Å². The van der Waals surface area contributed by atoms with Crippen molar-refractivity contribution < 1.29 is 61.0 Å². The van der Waals surface area contributed by atoms with Crippen LogP contribution in [0.15, 0.2) is 60.7 Å². The number of ether oxygens (including phenoxy) is 2. The van der Waals surface area contributed by atoms with Gasteiger partial charge in [0.05, 0.1) is 37.6 Å². The van der Waals surface area contributed by atoms with Crippen molar-refractivity contribution in [2.24, 2.45) is 11.8 Å². The first-order valence-electron chi connectivity index (χ1n) is 19.0. The van der Waals surface area contributed by atoms with Crippen LogP contribution in [0.2, 0.25) is 0 Å². The molecule has 1 unspecified atom stereocenters. The van der Waals surface area contributed by atoms with Crippen molar-refractivity contribution in [3.63, 3.8) is 0 Å². The molecule has 1 amide bonds. The van der Waals surface area contributed by atoms with Gasteiger partial charge in [-0.3, -0.25) is 9.69 Å². The number of hydrogen-bond acceptors (Lipinski definition) is 10. The fraction of sp³-hybridized carbons (Fsp3) is 0.650. The topological polar surface area (TPSA) is 149 Å². The number of hydrogen-bond donors (Lipinski definition) is 5. The van der Waals surface area contributed by atoms with Crippen molar-refractivity contribution in [3.05, 3.63) is 71.8 Å². The maximum Gasteiger partial charge on any atom is 0.348 e. The summed E-state index contributed by atoms with van der Waals surface area (Å²) in [5, 5.41) is 44.5. The highest BCUT2D eigenvalue weighted by Crippen LogP contribution is 2.37. The Hall–Kier alpha value is -1.78. The number of carbonyl (C=O) groups is 2. The molecule has 2 aromatic carbocycles. The molecule has 7 rings (SSSR count). The van der Waals surface area contributed by atoms with Crippen molar-refractivity contribution in [3.8, 4) is 0 Å². The Morgan fingerprint density at radius 3 is 2.11 bits per heavy atom. The molecule has 0 saturated carbocycles. The van der Waals surface area contributed by atoms with Crippen LogP contribution in [0.3, 0.4) is 0 Å². The molecule has 5 aliphatic heterocycles. The zero-order chi connectivity index (χ0) is 38.5. The van der Waals surface area contributed by atoms with E-state index in [1.54, 1.807) is 37.4 Å². The third-order valence-electron chi connectivity index (χ3n) is 11.8. The number of aliphatic hydroxyl groups is 4. The molecule has 10 atom stereocenters. The van der Waals surface area contributed by atoms with Gasteiger partial charge in [0.25, 0.3) is 0 Å². The number of piperidine rings is 3. The molecule has 0 aromatic heterocycles. The number of alkyl halides is 1. The normalized spacial score (nSPS) is 33.4. The standard InChI is InChI=1S/C22H26NO3.C18H33ClN2O5S.BrH/c1-23-14-12-17(13-15-23)20(16-23)26-21(24)22(25,18-8-4-2-5-9-18)19-10-6-3-7-11-19;1-5-6-10-7-11(21(3)8-10)17(25)20-12(9(2)19)16-14(23)13(22)15(24)18(26-16)27-4;/h2-11,17,20,25H,12-16H2,1H3;9-16,18,22-24H,5-8H2,1-4H3,(H,20,25);1H/q+1;;/p-1/t;9-,10+,11-,12+,13-,14+,15+,16+,18+;/m.0./s1. The zero-order valence-electron chi connectivity index (χ0n) is 32.0. The Morgan fingerprint density at radius 2 is 1.61 bits per heavy atom. The van der Waals surface area contributed by atoms with Crippen LogP contribution in [0.1, 0.15) is 57.1 Å². The molecule has 2 aromatic rings. The van der Waals surface area contributed by atoms with Crippen LogP contribution in [0.5, 0.6) is 0 Å². The quantitative estimate of drug-likeness (QED) is 0.120. The van der Waals surface area contributed by atoms with Gasteiger partial charge in [0.15, 0.2) is 6.10 Å². The molecule has 0 radical (unpaired) electrons. The van der Waals surface area contributed by atoms with E-state index in [1.165, 1.54) is 11.8 Å². The summed E-state index contributed by atoms with van der Waals surface area (Å²) in [4.78, 5) is 28.2. The minimum Gasteiger partial charge on any atom is -1.00 e. The van der Waals surface area contributed by atoms with Gasteiger partial charge in [-0.2, -0.15) is 0 Å². The first-order valence-corrected chi connectivity index (χ1v) is 20.7. The van der Waals surface area contributed by atoms with Crippen LogP contribution in [0.4, 0.5) is 0 Å². The summed E-state index contributed by atoms with van der Waals surface area (Å²) in [6.07, 6.45) is 1.96. The van der Waals surface area contributed by atoms with Gasteiger partial charge in [0, 0.05) is 25.3 Å². The second-order valence-corrected chi connectivity index (χ2v) is 17.3. The molecule has 0 aliphatic carbocycles. The predicted molar refractivity (Wildman–Crippen MR) is 206 cm³/mol. The molecule has 302 valence electrons. The summed E-state index contributed by atoms with van der Waals surface area (Å²) in [5.74, 6) is 0.192. The Balaban J connectivity index is 0.000000236. The van der Waals surface area contributed by atoms with E-state index in [0.717, 1.165) is 62.8 Å². The number of quaternary nitrogens is 1. The van der Waals surface area contributed by atoms with Crippen molar-refractivity contribution in [2.45, 2.75) is 105 Å². The van der Waals surface area contributed by atoms with Gasteiger partial charge in [-0.05, 0) is 50.1 Å². The van der Waals surface area contributed by atoms with Crippen molar-refractivity contribution >= 4 is 35.2 Å². The Kier molecular flexibility index (Phi) is 16.3. The molecule has 5 N–H and O–H groups in total. The van der Waals surface area contributed by atoms with Gasteiger partial charge >= 0.3 is 5.97 Å². The molecule has 5 saturated heterocycles. The third kappa shape index (κ3) is 10.0. The molecular weight excluding hydrogens is 798 g/mol. The number of likely N-dealkylation sites (tertiary alicyclic amines) is 1. The third-order valence-corrected chi connectivity index (χ3v) is 12.9. The summed E-state index contributed by atoms with van der Waals surface area (Å²) in [6, 6.07) is 17.2. The average molecular weight is 857 g/mol. The highest BCUT2D eigenvalue weighted by molar-refractivity contribution is 7.99. The van der Waals surface area contributed by atoms with Gasteiger partial charge in [-0.15, -0.1) is 23.4 Å². The van der Waals surface area contributed by atoms with Crippen LogP contribution in [0, 0.1) is 11.8 Å². The summed E-state index contributed by atoms with van der Waals surface area (Å²) in [7, 11) is 4.17. The van der Waals surface area contributed by atoms with E-state index in [1.807, 2.05) is 48.3 Å². The monoisotopic (exact) mass is 855 g/mol. The first kappa shape index (κ1) is 44.9. The number of carbonyl (C=O) groups excluding carboxylic acids is 2. The van der Waals surface area contributed by atoms with E-state index in [9.17, 15) is 30.0 Å². The van der Waals surface area contributed by atoms with Gasteiger partial charge in [0.2, 0.25) is 11.5 Å². The summed E-state index contributed by atoms with van der Waals surface area (Å²) >= 11 is 7.55. The molecular formula is C40H59BrClN3O8S. The second-order valence-electron chi connectivity index (χ2n) is 15.7. The minimum absolute atomic E-state index is 0. The number of nitrogens with zero attached hydrogens (tertiary/aromatic N) is 2. The maximum absolute atomic E-state index is 13.2. The van der Waals surface area contributed by atoms with Gasteiger partial charge in [0.1, 0.15) is 36.4 Å². The summed E-state index contributed by atoms with van der Waals surface area (Å²) in [6.45, 7) is 7.89. The number of fused-ring (bicyclic) bond motifs is 3. The molecule has 14 heteroatoms. The van der Waals surface area contributed by atoms with Gasteiger partial charge in [-0.1, -0.05) is 74.0 Å². The fourth-order valence-corrected chi connectivity index (χ4v) is 9.47. The van der Waals surface area contributed by atoms with Crippen molar-refractivity contribution in [1.82, 2.24) is 10.2 Å². The molecule has 5 heterocycles. The van der Waals surface area contributed by atoms with Crippen LogP contribution < -0.4 is 22.3 Å². The smallest absolute Gasteiger partial charge is 0.348 e. The van der Waals surface area contributed by atoms with E-state index in [0.29, 0.717) is 23.0 Å². The molecule has 11 nitrogen and oxygen atoms in total. The first-order chi connectivity index (χ1) is 25.2. The molecule has 0 spiro atoms. The average Bonchev–Trinajstić information content (AvgIpc) is 3.53. The Bertz CT molecular complexity index is 1450. The lowest BCUT2D eigenvalue weighted by molar-refractivity contribution is -0.928. The van der Waals surface area contributed by atoms with Crippen LogP contribution in [0.25, 0.3) is 0 Å². The van der Waals surface area contributed by atoms with Gasteiger partial charge < -0.3 is 56.7 Å². The number of esters is 1. The molecule has 54 heavy (non-hydrogen) atoms. The lowest BCUT2D eigenvalue weighted by Crippen LogP contribution is -3.00. The number of nitrogens with one attached hydrogen (secondary N) is 1. The predicted octanol–water partition coefficient (Wildman–Crippen LogP) is 0.0980. The van der Waals surface area contributed by atoms with E-state index >= 15 is 0 Å². The molecule has 5 fully saturated rings. The molecule has 5 aliphatic rings. The molecule has 2 bridgehead atoms. The Morgan fingerprint density at radius 1 is 1.04 bits per heavy atom. The largest absolute Gasteiger partial charge is 1.00 e. The lowest BCUT2D eigenvalue weighted by Gasteiger charge is -2.50. The highest BCUT2D eigenvalue weighted by atomic mass is 79.9. The number of likely N-dealkylation sites (N-methyl/N-ethyl adjacent to an activating group) is 2. The fourth-order valence-electron chi connectivity index (χ4n) is 8.58. The van der Waals surface area contributed by atoms with Crippen LogP contribution in [-0.2, 0) is 24.7 Å². The summed E-state index contributed by atoms with van der Waals surface area (Å²) in [5.41, 5.74) is -1.41. The number of benzene rings is 2. The number of aliphatic hydroxyl groups excluding tert-OH is 3. The van der Waals surface area contributed by atoms with E-state index in [-0.39, 0.29) is 35.0 Å². The van der Waals surface area contributed by atoms with E-state index in [4.69, 9.17) is 21.1 Å². The summed E-state index contributed by atoms with van der Waals surface area (Å²) < 4.78 is 12.7. The number of amides is 1. The minimum atomic E-state index is -1.78.